The topological polar surface area (TPSA) is 47.3 Å². The van der Waals surface area contributed by atoms with Crippen LogP contribution in [-0.4, -0.2) is 24.2 Å². The lowest BCUT2D eigenvalue weighted by molar-refractivity contribution is 0.156. The Hall–Kier alpha value is -0.870. The molecule has 0 aromatic carbocycles. The zero-order valence-electron chi connectivity index (χ0n) is 11.5. The highest BCUT2D eigenvalue weighted by Crippen LogP contribution is 2.11. The third-order valence-corrected chi connectivity index (χ3v) is 2.37. The summed E-state index contributed by atoms with van der Waals surface area (Å²) in [7, 11) is 1.72. The molecular weight excluding hydrogens is 216 g/mol. The van der Waals surface area contributed by atoms with Crippen LogP contribution in [-0.2, 0) is 17.7 Å². The van der Waals surface area contributed by atoms with E-state index in [4.69, 9.17) is 9.15 Å². The first kappa shape index (κ1) is 14.2. The van der Waals surface area contributed by atoms with Crippen LogP contribution in [0.3, 0.4) is 0 Å². The number of ether oxygens (including phenoxy) is 1. The average molecular weight is 240 g/mol. The molecule has 0 radical (unpaired) electrons. The first-order valence-corrected chi connectivity index (χ1v) is 6.08. The van der Waals surface area contributed by atoms with Crippen LogP contribution in [0.5, 0.6) is 0 Å². The number of hydrogen-bond donors (Lipinski definition) is 1. The second-order valence-corrected chi connectivity index (χ2v) is 5.59. The van der Waals surface area contributed by atoms with Gasteiger partial charge in [-0.2, -0.15) is 0 Å². The summed E-state index contributed by atoms with van der Waals surface area (Å²) in [6, 6.07) is 0. The number of nitrogens with one attached hydrogen (secondary N) is 1. The van der Waals surface area contributed by atoms with E-state index >= 15 is 0 Å². The summed E-state index contributed by atoms with van der Waals surface area (Å²) >= 11 is 0. The van der Waals surface area contributed by atoms with E-state index in [-0.39, 0.29) is 5.54 Å². The Balaban J connectivity index is 2.42. The second-order valence-electron chi connectivity index (χ2n) is 5.59. The summed E-state index contributed by atoms with van der Waals surface area (Å²) < 4.78 is 10.8. The number of methoxy groups -OCH3 is 1. The molecule has 1 aromatic rings. The van der Waals surface area contributed by atoms with Crippen LogP contribution in [0.4, 0.5) is 0 Å². The lowest BCUT2D eigenvalue weighted by Gasteiger charge is -2.18. The van der Waals surface area contributed by atoms with Gasteiger partial charge in [-0.3, -0.25) is 0 Å². The van der Waals surface area contributed by atoms with Gasteiger partial charge in [0.15, 0.2) is 0 Å². The zero-order chi connectivity index (χ0) is 12.9. The number of hydrogen-bond acceptors (Lipinski definition) is 4. The van der Waals surface area contributed by atoms with Crippen LogP contribution in [0, 0.1) is 5.92 Å². The van der Waals surface area contributed by atoms with Crippen LogP contribution in [0.1, 0.15) is 39.3 Å². The van der Waals surface area contributed by atoms with E-state index in [1.165, 1.54) is 0 Å². The van der Waals surface area contributed by atoms with Gasteiger partial charge in [-0.25, -0.2) is 4.98 Å². The normalized spacial score (nSPS) is 13.9. The van der Waals surface area contributed by atoms with Crippen molar-refractivity contribution in [3.05, 3.63) is 17.8 Å². The van der Waals surface area contributed by atoms with Gasteiger partial charge in [0.1, 0.15) is 5.76 Å². The third kappa shape index (κ3) is 5.84. The Morgan fingerprint density at radius 2 is 2.18 bits per heavy atom. The SMILES string of the molecule is COCC(C)Cc1cnc(CNC(C)(C)C)o1. The molecule has 0 bridgehead atoms. The molecule has 17 heavy (non-hydrogen) atoms. The molecule has 4 heteroatoms. The van der Waals surface area contributed by atoms with Gasteiger partial charge in [0.05, 0.1) is 12.7 Å². The summed E-state index contributed by atoms with van der Waals surface area (Å²) in [5.41, 5.74) is 0.0813. The summed E-state index contributed by atoms with van der Waals surface area (Å²) in [5.74, 6) is 2.14. The van der Waals surface area contributed by atoms with Crippen LogP contribution < -0.4 is 5.32 Å². The fourth-order valence-corrected chi connectivity index (χ4v) is 1.55. The molecule has 1 aromatic heterocycles. The minimum absolute atomic E-state index is 0.0813. The monoisotopic (exact) mass is 240 g/mol. The predicted octanol–water partition coefficient (Wildman–Crippen LogP) is 2.39. The Morgan fingerprint density at radius 1 is 1.47 bits per heavy atom. The molecule has 0 amide bonds. The predicted molar refractivity (Wildman–Crippen MR) is 67.8 cm³/mol. The third-order valence-electron chi connectivity index (χ3n) is 2.37. The maximum absolute atomic E-state index is 5.67. The molecule has 0 fully saturated rings. The lowest BCUT2D eigenvalue weighted by atomic mass is 10.1. The Bertz CT molecular complexity index is 328. The molecule has 1 atom stereocenters. The minimum atomic E-state index is 0.0813. The van der Waals surface area contributed by atoms with Gasteiger partial charge >= 0.3 is 0 Å². The quantitative estimate of drug-likeness (QED) is 0.829. The number of oxazole rings is 1. The van der Waals surface area contributed by atoms with E-state index in [9.17, 15) is 0 Å². The van der Waals surface area contributed by atoms with E-state index in [2.05, 4.69) is 38.0 Å². The van der Waals surface area contributed by atoms with E-state index in [0.29, 0.717) is 12.5 Å². The molecule has 0 aliphatic carbocycles. The van der Waals surface area contributed by atoms with Crippen molar-refractivity contribution in [3.8, 4) is 0 Å². The molecular formula is C13H24N2O2. The second kappa shape index (κ2) is 6.17. The van der Waals surface area contributed by atoms with E-state index in [0.717, 1.165) is 24.7 Å². The molecule has 0 saturated heterocycles. The minimum Gasteiger partial charge on any atom is -0.444 e. The molecule has 0 aliphatic heterocycles. The summed E-state index contributed by atoms with van der Waals surface area (Å²) in [6.45, 7) is 9.92. The Morgan fingerprint density at radius 3 is 2.76 bits per heavy atom. The number of rotatable bonds is 6. The molecule has 4 nitrogen and oxygen atoms in total. The van der Waals surface area contributed by atoms with Crippen molar-refractivity contribution in [1.29, 1.82) is 0 Å². The first-order valence-electron chi connectivity index (χ1n) is 6.08. The van der Waals surface area contributed by atoms with Crippen LogP contribution >= 0.6 is 0 Å². The highest BCUT2D eigenvalue weighted by atomic mass is 16.5. The van der Waals surface area contributed by atoms with Crippen molar-refractivity contribution in [2.75, 3.05) is 13.7 Å². The van der Waals surface area contributed by atoms with Crippen molar-refractivity contribution in [1.82, 2.24) is 10.3 Å². The zero-order valence-corrected chi connectivity index (χ0v) is 11.5. The van der Waals surface area contributed by atoms with Gasteiger partial charge in [0.2, 0.25) is 5.89 Å². The Kier molecular flexibility index (Phi) is 5.15. The van der Waals surface area contributed by atoms with Crippen LogP contribution in [0.15, 0.2) is 10.6 Å². The van der Waals surface area contributed by atoms with Crippen molar-refractivity contribution in [2.45, 2.75) is 46.2 Å². The highest BCUT2D eigenvalue weighted by Gasteiger charge is 2.12. The molecule has 0 saturated carbocycles. The van der Waals surface area contributed by atoms with Gasteiger partial charge < -0.3 is 14.5 Å². The van der Waals surface area contributed by atoms with Gasteiger partial charge in [-0.05, 0) is 26.7 Å². The fraction of sp³-hybridized carbons (Fsp3) is 0.769. The van der Waals surface area contributed by atoms with Gasteiger partial charge in [-0.1, -0.05) is 6.92 Å². The summed E-state index contributed by atoms with van der Waals surface area (Å²) in [4.78, 5) is 4.26. The maximum Gasteiger partial charge on any atom is 0.208 e. The smallest absolute Gasteiger partial charge is 0.208 e. The van der Waals surface area contributed by atoms with E-state index in [1.54, 1.807) is 7.11 Å². The standard InChI is InChI=1S/C13H24N2O2/c1-10(9-16-5)6-11-7-14-12(17-11)8-15-13(2,3)4/h7,10,15H,6,8-9H2,1-5H3. The summed E-state index contributed by atoms with van der Waals surface area (Å²) in [6.07, 6.45) is 2.68. The number of nitrogens with zero attached hydrogens (tertiary/aromatic N) is 1. The summed E-state index contributed by atoms with van der Waals surface area (Å²) in [5, 5.41) is 3.35. The van der Waals surface area contributed by atoms with Gasteiger partial charge in [-0.15, -0.1) is 0 Å². The fourth-order valence-electron chi connectivity index (χ4n) is 1.55. The Labute approximate surface area is 104 Å². The van der Waals surface area contributed by atoms with Gasteiger partial charge in [0.25, 0.3) is 0 Å². The molecule has 0 aliphatic rings. The van der Waals surface area contributed by atoms with Crippen molar-refractivity contribution >= 4 is 0 Å². The van der Waals surface area contributed by atoms with Crippen molar-refractivity contribution in [3.63, 3.8) is 0 Å². The van der Waals surface area contributed by atoms with Crippen molar-refractivity contribution < 1.29 is 9.15 Å². The largest absolute Gasteiger partial charge is 0.444 e. The van der Waals surface area contributed by atoms with Crippen LogP contribution in [0.2, 0.25) is 0 Å². The number of aromatic nitrogens is 1. The van der Waals surface area contributed by atoms with Gasteiger partial charge in [0, 0.05) is 25.7 Å². The lowest BCUT2D eigenvalue weighted by Crippen LogP contribution is -2.35. The molecule has 1 unspecified atom stereocenters. The van der Waals surface area contributed by atoms with Crippen molar-refractivity contribution in [2.24, 2.45) is 5.92 Å². The molecule has 1 rings (SSSR count). The molecule has 1 heterocycles. The van der Waals surface area contributed by atoms with E-state index < -0.39 is 0 Å². The highest BCUT2D eigenvalue weighted by molar-refractivity contribution is 4.95. The maximum atomic E-state index is 5.67. The molecule has 98 valence electrons. The average Bonchev–Trinajstić information content (AvgIpc) is 2.62. The van der Waals surface area contributed by atoms with Crippen LogP contribution in [0.25, 0.3) is 0 Å². The molecule has 1 N–H and O–H groups in total. The molecule has 0 spiro atoms. The first-order chi connectivity index (χ1) is 7.90. The van der Waals surface area contributed by atoms with E-state index in [1.807, 2.05) is 6.20 Å².